The van der Waals surface area contributed by atoms with Crippen molar-refractivity contribution < 1.29 is 19.2 Å². The Bertz CT molecular complexity index is 1050. The van der Waals surface area contributed by atoms with Crippen LogP contribution in [0.5, 0.6) is 11.6 Å². The Morgan fingerprint density at radius 2 is 1.82 bits per heavy atom. The molecule has 0 saturated carbocycles. The molecule has 3 aromatic rings. The number of benzene rings is 2. The second-order valence-corrected chi connectivity index (χ2v) is 6.11. The molecule has 0 radical (unpaired) electrons. The Balaban J connectivity index is 1.81. The highest BCUT2D eigenvalue weighted by molar-refractivity contribution is 5.92. The van der Waals surface area contributed by atoms with E-state index in [2.05, 4.69) is 10.2 Å². The lowest BCUT2D eigenvalue weighted by atomic mass is 10.0. The second kappa shape index (κ2) is 7.83. The molecule has 28 heavy (non-hydrogen) atoms. The maximum Gasteiger partial charge on any atom is 0.345 e. The first-order valence-electron chi connectivity index (χ1n) is 8.35. The Morgan fingerprint density at radius 3 is 2.46 bits per heavy atom. The maximum atomic E-state index is 12.3. The van der Waals surface area contributed by atoms with Gasteiger partial charge >= 0.3 is 11.7 Å². The molecule has 142 valence electrons. The average Bonchev–Trinajstić information content (AvgIpc) is 2.69. The molecule has 0 fully saturated rings. The van der Waals surface area contributed by atoms with Gasteiger partial charge < -0.3 is 9.47 Å². The van der Waals surface area contributed by atoms with Crippen molar-refractivity contribution in [3.63, 3.8) is 0 Å². The van der Waals surface area contributed by atoms with Crippen LogP contribution in [0.4, 0.5) is 5.69 Å². The summed E-state index contributed by atoms with van der Waals surface area (Å²) in [5, 5.41) is 19.1. The van der Waals surface area contributed by atoms with E-state index in [0.717, 1.165) is 22.8 Å². The summed E-state index contributed by atoms with van der Waals surface area (Å²) in [6.07, 6.45) is 0. The van der Waals surface area contributed by atoms with Gasteiger partial charge in [-0.3, -0.25) is 10.1 Å². The zero-order valence-electron chi connectivity index (χ0n) is 15.5. The van der Waals surface area contributed by atoms with Crippen molar-refractivity contribution >= 4 is 11.7 Å². The Labute approximate surface area is 160 Å². The molecule has 8 heteroatoms. The highest BCUT2D eigenvalue weighted by Crippen LogP contribution is 2.28. The average molecular weight is 379 g/mol. The minimum Gasteiger partial charge on any atom is -0.490 e. The Morgan fingerprint density at radius 1 is 1.04 bits per heavy atom. The lowest BCUT2D eigenvalue weighted by molar-refractivity contribution is -0.385. The van der Waals surface area contributed by atoms with Gasteiger partial charge in [-0.15, -0.1) is 10.2 Å². The lowest BCUT2D eigenvalue weighted by Crippen LogP contribution is -2.10. The number of nitro groups is 1. The standard InChI is InChI=1S/C20H17N3O5/c1-12-4-5-13(2)15(10-12)16-7-9-19(22-21-16)28-20(24)14-6-8-18(27-3)17(11-14)23(25)26/h4-11H,1-3H3. The summed E-state index contributed by atoms with van der Waals surface area (Å²) in [5.74, 6) is -0.726. The minimum atomic E-state index is -0.778. The molecule has 1 aromatic heterocycles. The molecule has 1 heterocycles. The number of ether oxygens (including phenoxy) is 2. The highest BCUT2D eigenvalue weighted by Gasteiger charge is 2.19. The van der Waals surface area contributed by atoms with Crippen LogP contribution in [-0.2, 0) is 0 Å². The number of rotatable bonds is 5. The van der Waals surface area contributed by atoms with Crippen molar-refractivity contribution in [2.45, 2.75) is 13.8 Å². The fraction of sp³-hybridized carbons (Fsp3) is 0.150. The van der Waals surface area contributed by atoms with Crippen LogP contribution in [0.25, 0.3) is 11.3 Å². The molecule has 0 atom stereocenters. The number of esters is 1. The molecule has 3 rings (SSSR count). The first-order chi connectivity index (χ1) is 13.4. The first-order valence-corrected chi connectivity index (χ1v) is 8.35. The number of hydrogen-bond acceptors (Lipinski definition) is 7. The Kier molecular flexibility index (Phi) is 5.30. The summed E-state index contributed by atoms with van der Waals surface area (Å²) in [4.78, 5) is 22.7. The van der Waals surface area contributed by atoms with Gasteiger partial charge in [0.1, 0.15) is 0 Å². The predicted octanol–water partition coefficient (Wildman–Crippen LogP) is 3.90. The van der Waals surface area contributed by atoms with E-state index in [0.29, 0.717) is 5.69 Å². The first kappa shape index (κ1) is 19.0. The number of nitrogens with zero attached hydrogens (tertiary/aromatic N) is 3. The van der Waals surface area contributed by atoms with Crippen LogP contribution >= 0.6 is 0 Å². The Hall–Kier alpha value is -3.81. The van der Waals surface area contributed by atoms with Crippen LogP contribution in [0.15, 0.2) is 48.5 Å². The van der Waals surface area contributed by atoms with E-state index in [1.54, 1.807) is 6.07 Å². The molecular weight excluding hydrogens is 362 g/mol. The van der Waals surface area contributed by atoms with E-state index >= 15 is 0 Å². The third kappa shape index (κ3) is 3.96. The van der Waals surface area contributed by atoms with E-state index < -0.39 is 10.9 Å². The molecule has 0 saturated heterocycles. The van der Waals surface area contributed by atoms with Crippen molar-refractivity contribution in [1.29, 1.82) is 0 Å². The van der Waals surface area contributed by atoms with E-state index in [4.69, 9.17) is 9.47 Å². The van der Waals surface area contributed by atoms with E-state index in [1.165, 1.54) is 25.3 Å². The van der Waals surface area contributed by atoms with Crippen LogP contribution in [0, 0.1) is 24.0 Å². The van der Waals surface area contributed by atoms with Crippen LogP contribution < -0.4 is 9.47 Å². The molecule has 0 aliphatic rings. The minimum absolute atomic E-state index is 0.00229. The molecule has 0 spiro atoms. The lowest BCUT2D eigenvalue weighted by Gasteiger charge is -2.07. The number of aryl methyl sites for hydroxylation is 2. The van der Waals surface area contributed by atoms with Gasteiger partial charge in [0.05, 0.1) is 23.3 Å². The monoisotopic (exact) mass is 379 g/mol. The topological polar surface area (TPSA) is 104 Å². The van der Waals surface area contributed by atoms with Crippen molar-refractivity contribution in [3.05, 3.63) is 75.3 Å². The zero-order chi connectivity index (χ0) is 20.3. The second-order valence-electron chi connectivity index (χ2n) is 6.11. The summed E-state index contributed by atoms with van der Waals surface area (Å²) in [5.41, 5.74) is 3.42. The van der Waals surface area contributed by atoms with Crippen LogP contribution in [0.3, 0.4) is 0 Å². The smallest absolute Gasteiger partial charge is 0.345 e. The number of carbonyl (C=O) groups excluding carboxylic acids is 1. The van der Waals surface area contributed by atoms with Crippen molar-refractivity contribution in [2.75, 3.05) is 7.11 Å². The van der Waals surface area contributed by atoms with E-state index in [1.807, 2.05) is 32.0 Å². The number of aromatic nitrogens is 2. The van der Waals surface area contributed by atoms with Gasteiger partial charge in [0.15, 0.2) is 5.75 Å². The molecule has 0 amide bonds. The summed E-state index contributed by atoms with van der Waals surface area (Å²) in [6, 6.07) is 13.1. The summed E-state index contributed by atoms with van der Waals surface area (Å²) < 4.78 is 10.1. The third-order valence-corrected chi connectivity index (χ3v) is 4.12. The molecule has 2 aromatic carbocycles. The fourth-order valence-electron chi connectivity index (χ4n) is 2.64. The molecule has 0 aliphatic heterocycles. The summed E-state index contributed by atoms with van der Waals surface area (Å²) in [7, 11) is 1.31. The van der Waals surface area contributed by atoms with E-state index in [-0.39, 0.29) is 22.9 Å². The SMILES string of the molecule is COc1ccc(C(=O)Oc2ccc(-c3cc(C)ccc3C)nn2)cc1[N+](=O)[O-]. The molecule has 8 nitrogen and oxygen atoms in total. The quantitative estimate of drug-likeness (QED) is 0.376. The summed E-state index contributed by atoms with van der Waals surface area (Å²) in [6.45, 7) is 3.96. The van der Waals surface area contributed by atoms with E-state index in [9.17, 15) is 14.9 Å². The van der Waals surface area contributed by atoms with Crippen LogP contribution in [0.1, 0.15) is 21.5 Å². The summed E-state index contributed by atoms with van der Waals surface area (Å²) >= 11 is 0. The van der Waals surface area contributed by atoms with Crippen molar-refractivity contribution in [1.82, 2.24) is 10.2 Å². The number of methoxy groups -OCH3 is 1. The van der Waals surface area contributed by atoms with Crippen LogP contribution in [-0.4, -0.2) is 28.2 Å². The van der Waals surface area contributed by atoms with Gasteiger partial charge in [0.25, 0.3) is 0 Å². The number of carbonyl (C=O) groups is 1. The molecule has 0 bridgehead atoms. The largest absolute Gasteiger partial charge is 0.490 e. The van der Waals surface area contributed by atoms with Gasteiger partial charge in [-0.2, -0.15) is 0 Å². The molecule has 0 N–H and O–H groups in total. The van der Waals surface area contributed by atoms with Gasteiger partial charge in [0, 0.05) is 17.7 Å². The third-order valence-electron chi connectivity index (χ3n) is 4.12. The number of hydrogen-bond donors (Lipinski definition) is 0. The molecule has 0 unspecified atom stereocenters. The van der Waals surface area contributed by atoms with Gasteiger partial charge in [-0.1, -0.05) is 17.7 Å². The molecule has 0 aliphatic carbocycles. The van der Waals surface area contributed by atoms with Crippen molar-refractivity contribution in [2.24, 2.45) is 0 Å². The van der Waals surface area contributed by atoms with Gasteiger partial charge in [0.2, 0.25) is 5.88 Å². The van der Waals surface area contributed by atoms with Gasteiger partial charge in [-0.25, -0.2) is 4.79 Å². The fourth-order valence-corrected chi connectivity index (χ4v) is 2.64. The highest BCUT2D eigenvalue weighted by atomic mass is 16.6. The van der Waals surface area contributed by atoms with Crippen molar-refractivity contribution in [3.8, 4) is 22.9 Å². The van der Waals surface area contributed by atoms with Gasteiger partial charge in [-0.05, 0) is 43.7 Å². The predicted molar refractivity (Wildman–Crippen MR) is 102 cm³/mol. The molecular formula is C20H17N3O5. The van der Waals surface area contributed by atoms with Crippen LogP contribution in [0.2, 0.25) is 0 Å². The number of nitro benzene ring substituents is 1. The zero-order valence-corrected chi connectivity index (χ0v) is 15.5. The normalized spacial score (nSPS) is 10.4. The maximum absolute atomic E-state index is 12.3.